The number of carbonyl (C=O) groups is 2. The normalized spacial score (nSPS) is 16.2. The van der Waals surface area contributed by atoms with E-state index in [-0.39, 0.29) is 21.7 Å². The maximum Gasteiger partial charge on any atom is 0.324 e. The summed E-state index contributed by atoms with van der Waals surface area (Å²) in [6.07, 6.45) is 9.51. The van der Waals surface area contributed by atoms with E-state index in [0.29, 0.717) is 38.2 Å². The molecule has 9 heteroatoms. The Balaban J connectivity index is 1.33. The van der Waals surface area contributed by atoms with Crippen LogP contribution >= 0.6 is 11.3 Å². The highest BCUT2D eigenvalue weighted by Gasteiger charge is 2.18. The van der Waals surface area contributed by atoms with Crippen LogP contribution in [0.15, 0.2) is 42.1 Å². The van der Waals surface area contributed by atoms with Crippen molar-refractivity contribution in [1.82, 2.24) is 9.88 Å². The van der Waals surface area contributed by atoms with Gasteiger partial charge in [0.2, 0.25) is 11.8 Å². The van der Waals surface area contributed by atoms with Crippen molar-refractivity contribution in [2.75, 3.05) is 18.4 Å². The number of fused-ring (bicyclic) bond motifs is 1. The molecule has 4 rings (SSSR count). The van der Waals surface area contributed by atoms with Crippen molar-refractivity contribution in [3.05, 3.63) is 68.2 Å². The van der Waals surface area contributed by atoms with Crippen LogP contribution < -0.4 is 5.32 Å². The van der Waals surface area contributed by atoms with Crippen LogP contribution in [0, 0.1) is 10.1 Å². The molecule has 0 aliphatic carbocycles. The fraction of sp³-hybridized carbons (Fsp3) is 0.286. The average molecular weight is 424 g/mol. The number of aromatic nitrogens is 1. The van der Waals surface area contributed by atoms with Crippen LogP contribution in [0.3, 0.4) is 0 Å². The highest BCUT2D eigenvalue weighted by molar-refractivity contribution is 7.15. The van der Waals surface area contributed by atoms with E-state index in [1.165, 1.54) is 23.0 Å². The van der Waals surface area contributed by atoms with Gasteiger partial charge in [-0.25, -0.2) is 4.98 Å². The molecule has 2 aliphatic rings. The molecule has 2 aliphatic heterocycles. The molecule has 0 atom stereocenters. The van der Waals surface area contributed by atoms with Crippen LogP contribution in [0.2, 0.25) is 0 Å². The van der Waals surface area contributed by atoms with E-state index in [4.69, 9.17) is 0 Å². The third-order valence-electron chi connectivity index (χ3n) is 5.13. The minimum atomic E-state index is -0.371. The predicted octanol–water partition coefficient (Wildman–Crippen LogP) is 3.35. The summed E-state index contributed by atoms with van der Waals surface area (Å²) in [5, 5.41) is 13.7. The van der Waals surface area contributed by atoms with Gasteiger partial charge in [-0.3, -0.25) is 19.7 Å². The zero-order valence-corrected chi connectivity index (χ0v) is 17.0. The van der Waals surface area contributed by atoms with Crippen LogP contribution in [0.5, 0.6) is 0 Å². The van der Waals surface area contributed by atoms with Crippen molar-refractivity contribution < 1.29 is 14.5 Å². The first-order valence-electron chi connectivity index (χ1n) is 9.65. The maximum atomic E-state index is 12.5. The number of hydrogen-bond donors (Lipinski definition) is 1. The lowest BCUT2D eigenvalue weighted by Crippen LogP contribution is -2.33. The quantitative estimate of drug-likeness (QED) is 0.343. The molecule has 30 heavy (non-hydrogen) atoms. The van der Waals surface area contributed by atoms with Crippen LogP contribution in [-0.4, -0.2) is 39.7 Å². The fourth-order valence-electron chi connectivity index (χ4n) is 3.49. The monoisotopic (exact) mass is 424 g/mol. The Labute approximate surface area is 177 Å². The molecule has 0 saturated carbocycles. The molecular formula is C21H20N4O4S. The van der Waals surface area contributed by atoms with Gasteiger partial charge in [0, 0.05) is 49.1 Å². The van der Waals surface area contributed by atoms with Crippen LogP contribution in [0.4, 0.5) is 10.8 Å². The van der Waals surface area contributed by atoms with Crippen LogP contribution in [0.25, 0.3) is 6.08 Å². The lowest BCUT2D eigenvalue weighted by atomic mass is 10.0. The van der Waals surface area contributed by atoms with Gasteiger partial charge < -0.3 is 10.2 Å². The van der Waals surface area contributed by atoms with Crippen LogP contribution in [-0.2, 0) is 22.4 Å². The number of nitrogens with one attached hydrogen (secondary N) is 1. The molecule has 154 valence electrons. The summed E-state index contributed by atoms with van der Waals surface area (Å²) in [5.41, 5.74) is 3.00. The zero-order chi connectivity index (χ0) is 21.1. The Kier molecular flexibility index (Phi) is 5.71. The molecule has 1 N–H and O–H groups in total. The molecule has 0 saturated heterocycles. The topological polar surface area (TPSA) is 105 Å². The SMILES string of the molecule is O=C1CCc2cc(C=CC(=O)N3CC=C(Cc4ccc([N+](=O)[O-])s4)CC3)cnc2N1. The standard InChI is InChI=1S/C21H20N4O4S/c26-18-4-2-16-11-15(13-22-21(16)23-18)1-5-19(27)24-9-7-14(8-10-24)12-17-3-6-20(30-17)25(28)29/h1,3,5-7,11,13H,2,4,8-10,12H2,(H,22,23,26). The van der Waals surface area contributed by atoms with Gasteiger partial charge in [-0.15, -0.1) is 0 Å². The molecular weight excluding hydrogens is 404 g/mol. The first kappa shape index (κ1) is 20.0. The van der Waals surface area contributed by atoms with Gasteiger partial charge in [-0.05, 0) is 42.2 Å². The summed E-state index contributed by atoms with van der Waals surface area (Å²) < 4.78 is 0. The van der Waals surface area contributed by atoms with Gasteiger partial charge in [0.25, 0.3) is 0 Å². The van der Waals surface area contributed by atoms with Crippen LogP contribution in [0.1, 0.15) is 28.8 Å². The van der Waals surface area contributed by atoms with E-state index in [9.17, 15) is 19.7 Å². The number of pyridine rings is 1. The number of hydrogen-bond acceptors (Lipinski definition) is 6. The maximum absolute atomic E-state index is 12.5. The molecule has 2 amide bonds. The van der Waals surface area contributed by atoms with Crippen molar-refractivity contribution in [1.29, 1.82) is 0 Å². The second-order valence-electron chi connectivity index (χ2n) is 7.23. The van der Waals surface area contributed by atoms with E-state index in [1.807, 2.05) is 12.1 Å². The molecule has 0 bridgehead atoms. The predicted molar refractivity (Wildman–Crippen MR) is 114 cm³/mol. The minimum Gasteiger partial charge on any atom is -0.335 e. The smallest absolute Gasteiger partial charge is 0.324 e. The molecule has 0 unspecified atom stereocenters. The molecule has 8 nitrogen and oxygen atoms in total. The molecule has 0 fully saturated rings. The number of nitrogens with zero attached hydrogens (tertiary/aromatic N) is 3. The van der Waals surface area contributed by atoms with E-state index < -0.39 is 0 Å². The summed E-state index contributed by atoms with van der Waals surface area (Å²) >= 11 is 1.20. The summed E-state index contributed by atoms with van der Waals surface area (Å²) in [6.45, 7) is 1.15. The van der Waals surface area contributed by atoms with E-state index >= 15 is 0 Å². The first-order valence-corrected chi connectivity index (χ1v) is 10.5. The number of amides is 2. The van der Waals surface area contributed by atoms with Crippen molar-refractivity contribution >= 4 is 40.0 Å². The molecule has 0 radical (unpaired) electrons. The van der Waals surface area contributed by atoms with Gasteiger partial charge >= 0.3 is 5.00 Å². The molecule has 4 heterocycles. The Morgan fingerprint density at radius 3 is 2.93 bits per heavy atom. The fourth-order valence-corrected chi connectivity index (χ4v) is 4.37. The van der Waals surface area contributed by atoms with Gasteiger partial charge in [0.1, 0.15) is 5.82 Å². The van der Waals surface area contributed by atoms with Gasteiger partial charge in [0.15, 0.2) is 0 Å². The first-order chi connectivity index (χ1) is 14.5. The van der Waals surface area contributed by atoms with Gasteiger partial charge in [-0.2, -0.15) is 0 Å². The molecule has 0 spiro atoms. The summed E-state index contributed by atoms with van der Waals surface area (Å²) in [4.78, 5) is 41.3. The molecule has 2 aromatic heterocycles. The van der Waals surface area contributed by atoms with Crippen molar-refractivity contribution in [3.63, 3.8) is 0 Å². The highest BCUT2D eigenvalue weighted by Crippen LogP contribution is 2.27. The molecule has 2 aromatic rings. The van der Waals surface area contributed by atoms with E-state index in [0.717, 1.165) is 22.4 Å². The second-order valence-corrected chi connectivity index (χ2v) is 8.38. The van der Waals surface area contributed by atoms with Crippen molar-refractivity contribution in [3.8, 4) is 0 Å². The lowest BCUT2D eigenvalue weighted by Gasteiger charge is -2.25. The summed E-state index contributed by atoms with van der Waals surface area (Å²) in [5.74, 6) is 0.505. The van der Waals surface area contributed by atoms with Gasteiger partial charge in [0.05, 0.1) is 4.92 Å². The largest absolute Gasteiger partial charge is 0.335 e. The number of rotatable bonds is 5. The summed E-state index contributed by atoms with van der Waals surface area (Å²) in [7, 11) is 0. The zero-order valence-electron chi connectivity index (χ0n) is 16.2. The number of nitro groups is 1. The summed E-state index contributed by atoms with van der Waals surface area (Å²) in [6, 6.07) is 5.27. The number of thiophene rings is 1. The van der Waals surface area contributed by atoms with E-state index in [1.54, 1.807) is 29.3 Å². The number of aryl methyl sites for hydroxylation is 1. The average Bonchev–Trinajstić information content (AvgIpc) is 3.21. The second kappa shape index (κ2) is 8.58. The van der Waals surface area contributed by atoms with Gasteiger partial charge in [-0.1, -0.05) is 23.0 Å². The lowest BCUT2D eigenvalue weighted by molar-refractivity contribution is -0.380. The Morgan fingerprint density at radius 2 is 2.20 bits per heavy atom. The number of anilines is 1. The third kappa shape index (κ3) is 4.62. The minimum absolute atomic E-state index is 0.0247. The van der Waals surface area contributed by atoms with Crippen molar-refractivity contribution in [2.24, 2.45) is 0 Å². The Bertz CT molecular complexity index is 1070. The number of carbonyl (C=O) groups excluding carboxylic acids is 2. The Morgan fingerprint density at radius 1 is 1.33 bits per heavy atom. The highest BCUT2D eigenvalue weighted by atomic mass is 32.1. The van der Waals surface area contributed by atoms with E-state index in [2.05, 4.69) is 10.3 Å². The molecule has 0 aromatic carbocycles. The van der Waals surface area contributed by atoms with Crippen molar-refractivity contribution in [2.45, 2.75) is 25.7 Å². The third-order valence-corrected chi connectivity index (χ3v) is 6.17. The Hall–Kier alpha value is -3.33.